The van der Waals surface area contributed by atoms with E-state index in [2.05, 4.69) is 27.7 Å². The van der Waals surface area contributed by atoms with Crippen LogP contribution in [0.4, 0.5) is 0 Å². The van der Waals surface area contributed by atoms with Gasteiger partial charge in [-0.3, -0.25) is 4.79 Å². The Balaban J connectivity index is 1.42. The summed E-state index contributed by atoms with van der Waals surface area (Å²) in [5.74, 6) is 5.28. The fraction of sp³-hybridized carbons (Fsp3) is 0.967. The molecule has 0 bridgehead atoms. The molecule has 3 nitrogen and oxygen atoms in total. The summed E-state index contributed by atoms with van der Waals surface area (Å²) in [5.41, 5.74) is 0.395. The lowest BCUT2D eigenvalue weighted by Gasteiger charge is -2.61. The normalized spacial score (nSPS) is 44.8. The topological polar surface area (TPSA) is 46.5 Å². The number of aliphatic hydroxyl groups is 1. The van der Waals surface area contributed by atoms with Crippen LogP contribution in [-0.4, -0.2) is 22.8 Å². The molecule has 0 radical (unpaired) electrons. The Labute approximate surface area is 203 Å². The molecule has 0 unspecified atom stereocenters. The number of carbonyl (C=O) groups excluding carboxylic acids is 1. The lowest BCUT2D eigenvalue weighted by atomic mass is 9.44. The van der Waals surface area contributed by atoms with Gasteiger partial charge in [-0.1, -0.05) is 34.1 Å². The van der Waals surface area contributed by atoms with Crippen LogP contribution in [0.25, 0.3) is 0 Å². The zero-order chi connectivity index (χ0) is 24.2. The molecular formula is C30H52O3. The summed E-state index contributed by atoms with van der Waals surface area (Å²) in [7, 11) is 0. The molecule has 0 amide bonds. The number of ether oxygens (including phenoxy) is 1. The van der Waals surface area contributed by atoms with Gasteiger partial charge in [0.2, 0.25) is 0 Å². The minimum Gasteiger partial charge on any atom is -0.463 e. The maximum atomic E-state index is 11.5. The van der Waals surface area contributed by atoms with E-state index in [1.165, 1.54) is 51.4 Å². The first kappa shape index (κ1) is 25.5. The standard InChI is InChI=1S/C30H52O3/c1-19(8-9-20(2)28(4,5)32)25-12-13-26-24-11-10-22-18-23(33-21(3)31)14-16-29(22,6)27(24)15-17-30(25,26)7/h19-20,22-27,32H,8-18H2,1-7H3/t19-,20+,22+,23+,24+,25-,26+,27+,29+,30-/m1/s1. The summed E-state index contributed by atoms with van der Waals surface area (Å²) in [6, 6.07) is 0. The fourth-order valence-electron chi connectivity index (χ4n) is 9.60. The van der Waals surface area contributed by atoms with Crippen molar-refractivity contribution in [3.05, 3.63) is 0 Å². The van der Waals surface area contributed by atoms with Crippen LogP contribution in [0.15, 0.2) is 0 Å². The van der Waals surface area contributed by atoms with Crippen molar-refractivity contribution in [3.63, 3.8) is 0 Å². The van der Waals surface area contributed by atoms with Crippen LogP contribution in [0.3, 0.4) is 0 Å². The maximum absolute atomic E-state index is 11.5. The van der Waals surface area contributed by atoms with Crippen LogP contribution < -0.4 is 0 Å². The third-order valence-electron chi connectivity index (χ3n) is 12.0. The van der Waals surface area contributed by atoms with Gasteiger partial charge in [-0.25, -0.2) is 0 Å². The van der Waals surface area contributed by atoms with E-state index in [0.29, 0.717) is 16.7 Å². The summed E-state index contributed by atoms with van der Waals surface area (Å²) in [6.45, 7) is 15.5. The minimum absolute atomic E-state index is 0.103. The van der Waals surface area contributed by atoms with Gasteiger partial charge >= 0.3 is 5.97 Å². The smallest absolute Gasteiger partial charge is 0.302 e. The van der Waals surface area contributed by atoms with Crippen LogP contribution in [0, 0.1) is 52.3 Å². The third-order valence-corrected chi connectivity index (χ3v) is 12.0. The van der Waals surface area contributed by atoms with E-state index in [4.69, 9.17) is 4.74 Å². The Morgan fingerprint density at radius 3 is 2.30 bits per heavy atom. The molecule has 33 heavy (non-hydrogen) atoms. The molecule has 0 aliphatic heterocycles. The largest absolute Gasteiger partial charge is 0.463 e. The highest BCUT2D eigenvalue weighted by molar-refractivity contribution is 5.66. The third kappa shape index (κ3) is 4.66. The van der Waals surface area contributed by atoms with Crippen molar-refractivity contribution in [3.8, 4) is 0 Å². The van der Waals surface area contributed by atoms with Crippen LogP contribution in [0.5, 0.6) is 0 Å². The molecule has 3 heteroatoms. The van der Waals surface area contributed by atoms with Gasteiger partial charge in [-0.15, -0.1) is 0 Å². The molecule has 1 N–H and O–H groups in total. The van der Waals surface area contributed by atoms with Gasteiger partial charge < -0.3 is 9.84 Å². The average molecular weight is 461 g/mol. The van der Waals surface area contributed by atoms with Crippen molar-refractivity contribution in [1.82, 2.24) is 0 Å². The molecule has 0 aromatic rings. The van der Waals surface area contributed by atoms with Crippen LogP contribution in [0.1, 0.15) is 119 Å². The minimum atomic E-state index is -0.567. The molecule has 0 aromatic carbocycles. The molecule has 0 spiro atoms. The number of carbonyl (C=O) groups is 1. The van der Waals surface area contributed by atoms with Crippen molar-refractivity contribution in [2.24, 2.45) is 52.3 Å². The van der Waals surface area contributed by atoms with E-state index in [9.17, 15) is 9.90 Å². The summed E-state index contributed by atoms with van der Waals surface area (Å²) < 4.78 is 5.65. The molecule has 0 saturated heterocycles. The zero-order valence-corrected chi connectivity index (χ0v) is 22.7. The number of fused-ring (bicyclic) bond motifs is 5. The van der Waals surface area contributed by atoms with Crippen molar-refractivity contribution in [2.45, 2.75) is 131 Å². The van der Waals surface area contributed by atoms with Crippen LogP contribution >= 0.6 is 0 Å². The highest BCUT2D eigenvalue weighted by Gasteiger charge is 2.60. The Hall–Kier alpha value is -0.570. The predicted octanol–water partition coefficient (Wildman–Crippen LogP) is 7.40. The number of rotatable bonds is 6. The summed E-state index contributed by atoms with van der Waals surface area (Å²) >= 11 is 0. The van der Waals surface area contributed by atoms with E-state index in [1.54, 1.807) is 6.92 Å². The highest BCUT2D eigenvalue weighted by Crippen LogP contribution is 2.68. The average Bonchev–Trinajstić information content (AvgIpc) is 3.08. The van der Waals surface area contributed by atoms with Gasteiger partial charge in [-0.2, -0.15) is 0 Å². The first-order chi connectivity index (χ1) is 15.4. The Morgan fingerprint density at radius 2 is 1.64 bits per heavy atom. The first-order valence-electron chi connectivity index (χ1n) is 14.3. The maximum Gasteiger partial charge on any atom is 0.302 e. The predicted molar refractivity (Wildman–Crippen MR) is 135 cm³/mol. The molecule has 4 fully saturated rings. The molecule has 4 aliphatic rings. The van der Waals surface area contributed by atoms with E-state index >= 15 is 0 Å². The molecule has 190 valence electrons. The lowest BCUT2D eigenvalue weighted by molar-refractivity contribution is -0.160. The Bertz CT molecular complexity index is 710. The highest BCUT2D eigenvalue weighted by atomic mass is 16.5. The molecule has 4 aliphatic carbocycles. The van der Waals surface area contributed by atoms with Gasteiger partial charge in [0.1, 0.15) is 6.10 Å². The molecule has 4 rings (SSSR count). The van der Waals surface area contributed by atoms with E-state index in [-0.39, 0.29) is 12.1 Å². The molecule has 0 aromatic heterocycles. The second-order valence-electron chi connectivity index (χ2n) is 14.0. The number of esters is 1. The lowest BCUT2D eigenvalue weighted by Crippen LogP contribution is -2.54. The van der Waals surface area contributed by atoms with Crippen molar-refractivity contribution < 1.29 is 14.6 Å². The van der Waals surface area contributed by atoms with E-state index in [0.717, 1.165) is 54.8 Å². The quantitative estimate of drug-likeness (QED) is 0.420. The van der Waals surface area contributed by atoms with Crippen molar-refractivity contribution in [2.75, 3.05) is 0 Å². The van der Waals surface area contributed by atoms with Gasteiger partial charge in [0.15, 0.2) is 0 Å². The first-order valence-corrected chi connectivity index (χ1v) is 14.3. The van der Waals surface area contributed by atoms with E-state index in [1.807, 2.05) is 13.8 Å². The van der Waals surface area contributed by atoms with Gasteiger partial charge in [-0.05, 0) is 130 Å². The van der Waals surface area contributed by atoms with Gasteiger partial charge in [0, 0.05) is 6.92 Å². The monoisotopic (exact) mass is 460 g/mol. The fourth-order valence-corrected chi connectivity index (χ4v) is 9.60. The summed E-state index contributed by atoms with van der Waals surface area (Å²) in [5, 5.41) is 10.4. The van der Waals surface area contributed by atoms with Gasteiger partial charge in [0.25, 0.3) is 0 Å². The molecular weight excluding hydrogens is 408 g/mol. The van der Waals surface area contributed by atoms with Crippen LogP contribution in [-0.2, 0) is 9.53 Å². The zero-order valence-electron chi connectivity index (χ0n) is 22.7. The Morgan fingerprint density at radius 1 is 0.970 bits per heavy atom. The SMILES string of the molecule is CC(=O)O[C@H]1CC[C@@]2(C)[C@@H](CC[C@@H]3[C@@H]2CC[C@]2(C)[C@@H]([C@H](C)CC[C@H](C)C(C)(C)O)CC[C@@H]32)C1. The second kappa shape index (κ2) is 9.14. The van der Waals surface area contributed by atoms with Crippen LogP contribution in [0.2, 0.25) is 0 Å². The molecule has 0 heterocycles. The number of hydrogen-bond donors (Lipinski definition) is 1. The second-order valence-corrected chi connectivity index (χ2v) is 14.0. The summed E-state index contributed by atoms with van der Waals surface area (Å²) in [4.78, 5) is 11.5. The van der Waals surface area contributed by atoms with Crippen molar-refractivity contribution >= 4 is 5.97 Å². The number of hydrogen-bond acceptors (Lipinski definition) is 3. The van der Waals surface area contributed by atoms with Crippen molar-refractivity contribution in [1.29, 1.82) is 0 Å². The Kier molecular flexibility index (Phi) is 7.07. The molecule has 4 saturated carbocycles. The summed E-state index contributed by atoms with van der Waals surface area (Å²) in [6.07, 6.45) is 14.4. The molecule has 10 atom stereocenters. The van der Waals surface area contributed by atoms with E-state index < -0.39 is 5.60 Å². The van der Waals surface area contributed by atoms with Gasteiger partial charge in [0.05, 0.1) is 5.60 Å².